The van der Waals surface area contributed by atoms with Crippen molar-refractivity contribution in [2.45, 2.75) is 25.4 Å². The molecule has 1 saturated heterocycles. The van der Waals surface area contributed by atoms with Gasteiger partial charge in [-0.1, -0.05) is 18.2 Å². The topological polar surface area (TPSA) is 24.1 Å². The average Bonchev–Trinajstić information content (AvgIpc) is 2.99. The van der Waals surface area contributed by atoms with Crippen molar-refractivity contribution in [2.24, 2.45) is 0 Å². The Bertz CT molecular complexity index is 486. The maximum Gasteiger partial charge on any atom is 0.0346 e. The van der Waals surface area contributed by atoms with Gasteiger partial charge in [-0.05, 0) is 41.8 Å². The van der Waals surface area contributed by atoms with Crippen molar-refractivity contribution in [2.75, 3.05) is 13.1 Å². The predicted octanol–water partition coefficient (Wildman–Crippen LogP) is 2.74. The molecule has 1 aromatic carbocycles. The van der Waals surface area contributed by atoms with Crippen LogP contribution >= 0.6 is 11.3 Å². The second-order valence-electron chi connectivity index (χ2n) is 4.68. The van der Waals surface area contributed by atoms with Crippen LogP contribution in [0.2, 0.25) is 0 Å². The van der Waals surface area contributed by atoms with Gasteiger partial charge in [-0.15, -0.1) is 11.3 Å². The van der Waals surface area contributed by atoms with Crippen LogP contribution in [0.1, 0.15) is 18.4 Å². The van der Waals surface area contributed by atoms with Crippen molar-refractivity contribution in [3.63, 3.8) is 0 Å². The number of benzene rings is 1. The fourth-order valence-electron chi connectivity index (χ4n) is 2.48. The quantitative estimate of drug-likeness (QED) is 0.867. The fraction of sp³-hybridized carbons (Fsp3) is 0.429. The lowest BCUT2D eigenvalue weighted by Crippen LogP contribution is -2.33. The van der Waals surface area contributed by atoms with Crippen LogP contribution in [0, 0.1) is 0 Å². The molecule has 0 bridgehead atoms. The lowest BCUT2D eigenvalue weighted by molar-refractivity contribution is 0.537. The van der Waals surface area contributed by atoms with Gasteiger partial charge in [-0.25, -0.2) is 0 Å². The predicted molar refractivity (Wildman–Crippen MR) is 74.6 cm³/mol. The molecule has 0 saturated carbocycles. The van der Waals surface area contributed by atoms with Gasteiger partial charge in [-0.2, -0.15) is 0 Å². The third kappa shape index (κ3) is 2.51. The molecule has 2 aromatic rings. The zero-order valence-electron chi connectivity index (χ0n) is 9.91. The Morgan fingerprint density at radius 2 is 2.29 bits per heavy atom. The lowest BCUT2D eigenvalue weighted by Gasteiger charge is -2.10. The third-order valence-corrected chi connectivity index (χ3v) is 4.44. The molecule has 1 aliphatic heterocycles. The average molecular weight is 246 g/mol. The Balaban J connectivity index is 1.60. The van der Waals surface area contributed by atoms with Gasteiger partial charge in [0.1, 0.15) is 0 Å². The van der Waals surface area contributed by atoms with Gasteiger partial charge in [-0.3, -0.25) is 0 Å². The molecule has 3 heteroatoms. The number of nitrogens with one attached hydrogen (secondary N) is 2. The normalized spacial score (nSPS) is 20.1. The van der Waals surface area contributed by atoms with Crippen LogP contribution in [-0.2, 0) is 6.54 Å². The molecule has 0 radical (unpaired) electrons. The monoisotopic (exact) mass is 246 g/mol. The van der Waals surface area contributed by atoms with E-state index in [2.05, 4.69) is 40.3 Å². The summed E-state index contributed by atoms with van der Waals surface area (Å²) in [6, 6.07) is 9.33. The van der Waals surface area contributed by atoms with Crippen molar-refractivity contribution < 1.29 is 0 Å². The molecule has 17 heavy (non-hydrogen) atoms. The van der Waals surface area contributed by atoms with E-state index in [-0.39, 0.29) is 0 Å². The molecule has 1 atom stereocenters. The fourth-order valence-corrected chi connectivity index (χ4v) is 3.44. The summed E-state index contributed by atoms with van der Waals surface area (Å²) in [5, 5.41) is 10.8. The molecule has 2 N–H and O–H groups in total. The number of rotatable bonds is 4. The van der Waals surface area contributed by atoms with Crippen LogP contribution in [-0.4, -0.2) is 19.1 Å². The molecule has 1 aromatic heterocycles. The lowest BCUT2D eigenvalue weighted by atomic mass is 10.1. The van der Waals surface area contributed by atoms with E-state index in [4.69, 9.17) is 0 Å². The number of hydrogen-bond acceptors (Lipinski definition) is 3. The van der Waals surface area contributed by atoms with Crippen LogP contribution in [0.3, 0.4) is 0 Å². The first-order valence-electron chi connectivity index (χ1n) is 6.33. The van der Waals surface area contributed by atoms with E-state index < -0.39 is 0 Å². The highest BCUT2D eigenvalue weighted by atomic mass is 32.1. The second-order valence-corrected chi connectivity index (χ2v) is 5.59. The number of hydrogen-bond donors (Lipinski definition) is 2. The van der Waals surface area contributed by atoms with E-state index in [1.54, 1.807) is 0 Å². The van der Waals surface area contributed by atoms with Crippen LogP contribution in [0.25, 0.3) is 10.1 Å². The molecule has 1 unspecified atom stereocenters. The summed E-state index contributed by atoms with van der Waals surface area (Å²) in [6.45, 7) is 3.26. The highest BCUT2D eigenvalue weighted by Gasteiger charge is 2.13. The Labute approximate surface area is 106 Å². The maximum atomic E-state index is 3.57. The SMILES string of the molecule is c1ccc2c(CNCC3CCCN3)csc2c1. The van der Waals surface area contributed by atoms with Crippen molar-refractivity contribution in [3.05, 3.63) is 35.2 Å². The summed E-state index contributed by atoms with van der Waals surface area (Å²) < 4.78 is 1.39. The first-order chi connectivity index (χ1) is 8.43. The van der Waals surface area contributed by atoms with Gasteiger partial charge < -0.3 is 10.6 Å². The molecule has 1 fully saturated rings. The van der Waals surface area contributed by atoms with Crippen molar-refractivity contribution in [3.8, 4) is 0 Å². The molecule has 90 valence electrons. The Morgan fingerprint density at radius 3 is 3.18 bits per heavy atom. The Morgan fingerprint density at radius 1 is 1.35 bits per heavy atom. The number of fused-ring (bicyclic) bond motifs is 1. The molecule has 0 amide bonds. The molecular formula is C14H18N2S. The maximum absolute atomic E-state index is 3.57. The van der Waals surface area contributed by atoms with E-state index in [1.807, 2.05) is 11.3 Å². The van der Waals surface area contributed by atoms with E-state index >= 15 is 0 Å². The minimum absolute atomic E-state index is 0.680. The Kier molecular flexibility index (Phi) is 3.41. The standard InChI is InChI=1S/C14H18N2S/c1-2-6-14-13(5-1)11(10-17-14)8-15-9-12-4-3-7-16-12/h1-2,5-6,10,12,15-16H,3-4,7-9H2. The largest absolute Gasteiger partial charge is 0.313 e. The van der Waals surface area contributed by atoms with Gasteiger partial charge in [0.15, 0.2) is 0 Å². The summed E-state index contributed by atoms with van der Waals surface area (Å²) in [5.41, 5.74) is 1.43. The summed E-state index contributed by atoms with van der Waals surface area (Å²) >= 11 is 1.84. The molecule has 0 spiro atoms. The highest BCUT2D eigenvalue weighted by molar-refractivity contribution is 7.17. The summed E-state index contributed by atoms with van der Waals surface area (Å²) in [6.07, 6.45) is 2.64. The van der Waals surface area contributed by atoms with Crippen LogP contribution in [0.4, 0.5) is 0 Å². The summed E-state index contributed by atoms with van der Waals surface area (Å²) in [5.74, 6) is 0. The van der Waals surface area contributed by atoms with E-state index in [0.717, 1.165) is 13.1 Å². The second kappa shape index (κ2) is 5.17. The van der Waals surface area contributed by atoms with Crippen molar-refractivity contribution in [1.82, 2.24) is 10.6 Å². The highest BCUT2D eigenvalue weighted by Crippen LogP contribution is 2.25. The zero-order valence-corrected chi connectivity index (χ0v) is 10.7. The Hall–Kier alpha value is -0.900. The summed E-state index contributed by atoms with van der Waals surface area (Å²) in [4.78, 5) is 0. The zero-order chi connectivity index (χ0) is 11.5. The van der Waals surface area contributed by atoms with Crippen LogP contribution in [0.5, 0.6) is 0 Å². The molecular weight excluding hydrogens is 228 g/mol. The number of thiophene rings is 1. The minimum atomic E-state index is 0.680. The van der Waals surface area contributed by atoms with E-state index in [9.17, 15) is 0 Å². The van der Waals surface area contributed by atoms with Gasteiger partial charge in [0.25, 0.3) is 0 Å². The third-order valence-electron chi connectivity index (χ3n) is 3.43. The van der Waals surface area contributed by atoms with Gasteiger partial charge in [0, 0.05) is 23.8 Å². The molecule has 1 aliphatic rings. The molecule has 0 aliphatic carbocycles. The molecule has 3 rings (SSSR count). The van der Waals surface area contributed by atoms with Crippen LogP contribution in [0.15, 0.2) is 29.6 Å². The smallest absolute Gasteiger partial charge is 0.0346 e. The minimum Gasteiger partial charge on any atom is -0.313 e. The molecule has 2 heterocycles. The van der Waals surface area contributed by atoms with Crippen LogP contribution < -0.4 is 10.6 Å². The van der Waals surface area contributed by atoms with E-state index in [0.29, 0.717) is 6.04 Å². The van der Waals surface area contributed by atoms with Gasteiger partial charge in [0.2, 0.25) is 0 Å². The molecule has 2 nitrogen and oxygen atoms in total. The van der Waals surface area contributed by atoms with Crippen molar-refractivity contribution in [1.29, 1.82) is 0 Å². The summed E-state index contributed by atoms with van der Waals surface area (Å²) in [7, 11) is 0. The first kappa shape index (κ1) is 11.2. The van der Waals surface area contributed by atoms with Gasteiger partial charge >= 0.3 is 0 Å². The first-order valence-corrected chi connectivity index (χ1v) is 7.20. The van der Waals surface area contributed by atoms with Gasteiger partial charge in [0.05, 0.1) is 0 Å². The van der Waals surface area contributed by atoms with Crippen molar-refractivity contribution >= 4 is 21.4 Å². The van der Waals surface area contributed by atoms with E-state index in [1.165, 1.54) is 35.0 Å².